The lowest BCUT2D eigenvalue weighted by molar-refractivity contribution is 0.411. The van der Waals surface area contributed by atoms with Gasteiger partial charge in [0.15, 0.2) is 0 Å². The van der Waals surface area contributed by atoms with Crippen LogP contribution in [0.4, 0.5) is 0 Å². The highest BCUT2D eigenvalue weighted by atomic mass is 32.1. The summed E-state index contributed by atoms with van der Waals surface area (Å²) in [7, 11) is 0. The van der Waals surface area contributed by atoms with Crippen molar-refractivity contribution in [3.05, 3.63) is 199 Å². The maximum atomic E-state index is 5.33. The average molecular weight is 767 g/mol. The molecule has 2 unspecified atom stereocenters. The molecule has 0 saturated heterocycles. The molecule has 4 nitrogen and oxygen atoms in total. The van der Waals surface area contributed by atoms with E-state index in [1.54, 1.807) is 0 Å². The number of aliphatic imine (C=N–C) groups is 1. The van der Waals surface area contributed by atoms with Gasteiger partial charge in [-0.25, -0.2) is 4.99 Å². The Balaban J connectivity index is 1.04. The molecule has 0 radical (unpaired) electrons. The highest BCUT2D eigenvalue weighted by Gasteiger charge is 2.28. The van der Waals surface area contributed by atoms with Gasteiger partial charge in [0.05, 0.1) is 21.4 Å². The van der Waals surface area contributed by atoms with E-state index in [1.165, 1.54) is 90.1 Å². The van der Waals surface area contributed by atoms with Crippen LogP contribution < -0.4 is 10.6 Å². The Kier molecular flexibility index (Phi) is 7.45. The summed E-state index contributed by atoms with van der Waals surface area (Å²) >= 11 is 3.78. The summed E-state index contributed by atoms with van der Waals surface area (Å²) < 4.78 is 7.61. The first-order valence-corrected chi connectivity index (χ1v) is 21.0. The highest BCUT2D eigenvalue weighted by Crippen LogP contribution is 2.48. The van der Waals surface area contributed by atoms with Crippen molar-refractivity contribution in [2.24, 2.45) is 4.99 Å². The zero-order valence-corrected chi connectivity index (χ0v) is 32.3. The van der Waals surface area contributed by atoms with E-state index in [0.29, 0.717) is 0 Å². The predicted molar refractivity (Wildman–Crippen MR) is 243 cm³/mol. The van der Waals surface area contributed by atoms with Crippen molar-refractivity contribution in [2.45, 2.75) is 12.3 Å². The molecule has 1 aliphatic rings. The SMILES string of the molecule is c1ccc(C2=NC(c3cccc4c3sc3cccc(-c5cccc6c5sc5c(-n7c8ccccc8c8ccccc87)cccc56)c34)NC(c3ccccc3)N2)cc1. The molecule has 6 heteroatoms. The number of benzene rings is 8. The second-order valence-corrected chi connectivity index (χ2v) is 16.8. The van der Waals surface area contributed by atoms with Gasteiger partial charge in [-0.3, -0.25) is 5.32 Å². The summed E-state index contributed by atoms with van der Waals surface area (Å²) in [6.07, 6.45) is -0.334. The van der Waals surface area contributed by atoms with Gasteiger partial charge < -0.3 is 9.88 Å². The molecule has 8 aromatic carbocycles. The van der Waals surface area contributed by atoms with Crippen LogP contribution in [-0.4, -0.2) is 10.4 Å². The smallest absolute Gasteiger partial charge is 0.131 e. The molecule has 0 spiro atoms. The Morgan fingerprint density at radius 2 is 1.09 bits per heavy atom. The molecule has 3 aromatic heterocycles. The summed E-state index contributed by atoms with van der Waals surface area (Å²) in [6, 6.07) is 65.8. The molecular weight excluding hydrogens is 733 g/mol. The van der Waals surface area contributed by atoms with E-state index >= 15 is 0 Å². The van der Waals surface area contributed by atoms with Gasteiger partial charge in [0.1, 0.15) is 18.2 Å². The number of amidine groups is 1. The number of fused-ring (bicyclic) bond motifs is 9. The summed E-state index contributed by atoms with van der Waals surface area (Å²) in [4.78, 5) is 5.33. The molecule has 2 N–H and O–H groups in total. The number of aromatic nitrogens is 1. The van der Waals surface area contributed by atoms with Crippen LogP contribution in [0.1, 0.15) is 29.0 Å². The molecular formula is C51H34N4S2. The fraction of sp³-hybridized carbons (Fsp3) is 0.0392. The fourth-order valence-corrected chi connectivity index (χ4v) is 11.6. The molecule has 0 fully saturated rings. The van der Waals surface area contributed by atoms with Gasteiger partial charge in [-0.15, -0.1) is 22.7 Å². The summed E-state index contributed by atoms with van der Waals surface area (Å²) in [6.45, 7) is 0. The lowest BCUT2D eigenvalue weighted by Gasteiger charge is -2.32. The van der Waals surface area contributed by atoms with Gasteiger partial charge >= 0.3 is 0 Å². The van der Waals surface area contributed by atoms with Crippen molar-refractivity contribution in [1.82, 2.24) is 15.2 Å². The molecule has 0 aliphatic carbocycles. The predicted octanol–water partition coefficient (Wildman–Crippen LogP) is 13.5. The number of para-hydroxylation sites is 2. The molecule has 2 atom stereocenters. The van der Waals surface area contributed by atoms with Gasteiger partial charge in [0.25, 0.3) is 0 Å². The Hall–Kier alpha value is -6.57. The van der Waals surface area contributed by atoms with Crippen molar-refractivity contribution >= 4 is 90.7 Å². The van der Waals surface area contributed by atoms with Gasteiger partial charge in [-0.05, 0) is 35.4 Å². The lowest BCUT2D eigenvalue weighted by Crippen LogP contribution is -2.44. The number of thiophene rings is 2. The minimum absolute atomic E-state index is 0.0953. The van der Waals surface area contributed by atoms with Crippen molar-refractivity contribution < 1.29 is 0 Å². The zero-order valence-electron chi connectivity index (χ0n) is 30.7. The largest absolute Gasteiger partial charge is 0.350 e. The van der Waals surface area contributed by atoms with E-state index in [-0.39, 0.29) is 12.3 Å². The van der Waals surface area contributed by atoms with Crippen LogP contribution in [0.5, 0.6) is 0 Å². The standard InChI is InChI=1S/C51H34N4S2/c1-3-15-31(16-4-1)49-52-50(32-17-5-2-6-18-32)54-51(53-49)40-26-12-25-39-45-35(21-14-30-44(45)56-47(39)40)36-22-11-23-37-38-24-13-29-43(48(38)57-46(36)37)55-41-27-9-7-19-33(41)34-20-8-10-28-42(34)55/h1-30,49,51,53H,(H,52,54). The van der Waals surface area contributed by atoms with Crippen LogP contribution in [0, 0.1) is 0 Å². The maximum absolute atomic E-state index is 5.33. The number of nitrogens with one attached hydrogen (secondary N) is 2. The molecule has 4 heterocycles. The summed E-state index contributed by atoms with van der Waals surface area (Å²) in [5, 5.41) is 15.2. The topological polar surface area (TPSA) is 41.4 Å². The number of nitrogens with zero attached hydrogens (tertiary/aromatic N) is 2. The second-order valence-electron chi connectivity index (χ2n) is 14.7. The third-order valence-corrected chi connectivity index (χ3v) is 14.0. The van der Waals surface area contributed by atoms with E-state index in [4.69, 9.17) is 4.99 Å². The molecule has 0 amide bonds. The summed E-state index contributed by atoms with van der Waals surface area (Å²) in [5.74, 6) is 0.892. The third-order valence-electron chi connectivity index (χ3n) is 11.5. The first-order valence-electron chi connectivity index (χ1n) is 19.4. The van der Waals surface area contributed by atoms with Crippen molar-refractivity contribution in [2.75, 3.05) is 0 Å². The monoisotopic (exact) mass is 766 g/mol. The maximum Gasteiger partial charge on any atom is 0.131 e. The van der Waals surface area contributed by atoms with Gasteiger partial charge in [-0.1, -0.05) is 158 Å². The second kappa shape index (κ2) is 13.0. The Morgan fingerprint density at radius 3 is 1.88 bits per heavy atom. The van der Waals surface area contributed by atoms with E-state index in [9.17, 15) is 0 Å². The molecule has 11 aromatic rings. The Bertz CT molecular complexity index is 3320. The van der Waals surface area contributed by atoms with Crippen LogP contribution >= 0.6 is 22.7 Å². The first-order chi connectivity index (χ1) is 28.3. The fourth-order valence-electron chi connectivity index (χ4n) is 8.96. The Morgan fingerprint density at radius 1 is 0.474 bits per heavy atom. The minimum Gasteiger partial charge on any atom is -0.350 e. The van der Waals surface area contributed by atoms with Crippen molar-refractivity contribution in [1.29, 1.82) is 0 Å². The minimum atomic E-state index is -0.239. The van der Waals surface area contributed by atoms with E-state index in [1.807, 2.05) is 22.7 Å². The van der Waals surface area contributed by atoms with E-state index in [0.717, 1.165) is 11.4 Å². The molecule has 0 bridgehead atoms. The zero-order chi connectivity index (χ0) is 37.5. The van der Waals surface area contributed by atoms with Crippen LogP contribution in [0.3, 0.4) is 0 Å². The van der Waals surface area contributed by atoms with Crippen LogP contribution in [0.15, 0.2) is 187 Å². The lowest BCUT2D eigenvalue weighted by atomic mass is 9.97. The van der Waals surface area contributed by atoms with Gasteiger partial charge in [0, 0.05) is 63.1 Å². The molecule has 270 valence electrons. The summed E-state index contributed by atoms with van der Waals surface area (Å²) in [5.41, 5.74) is 9.65. The van der Waals surface area contributed by atoms with Crippen LogP contribution in [-0.2, 0) is 0 Å². The highest BCUT2D eigenvalue weighted by molar-refractivity contribution is 7.27. The first kappa shape index (κ1) is 32.7. The molecule has 12 rings (SSSR count). The number of hydrogen-bond acceptors (Lipinski definition) is 5. The average Bonchev–Trinajstić information content (AvgIpc) is 3.97. The Labute approximate surface area is 337 Å². The van der Waals surface area contributed by atoms with Gasteiger partial charge in [-0.2, -0.15) is 0 Å². The van der Waals surface area contributed by atoms with Crippen molar-refractivity contribution in [3.8, 4) is 16.8 Å². The molecule has 0 saturated carbocycles. The van der Waals surface area contributed by atoms with Crippen LogP contribution in [0.2, 0.25) is 0 Å². The molecule has 57 heavy (non-hydrogen) atoms. The third kappa shape index (κ3) is 5.12. The normalized spacial score (nSPS) is 15.9. The van der Waals surface area contributed by atoms with Gasteiger partial charge in [0.2, 0.25) is 0 Å². The molecule has 1 aliphatic heterocycles. The van der Waals surface area contributed by atoms with Crippen molar-refractivity contribution in [3.63, 3.8) is 0 Å². The number of rotatable bonds is 5. The quantitative estimate of drug-likeness (QED) is 0.183. The van der Waals surface area contributed by atoms with Crippen LogP contribution in [0.25, 0.3) is 79.0 Å². The number of hydrogen-bond donors (Lipinski definition) is 2. The van der Waals surface area contributed by atoms with E-state index in [2.05, 4.69) is 197 Å². The van der Waals surface area contributed by atoms with E-state index < -0.39 is 0 Å².